The van der Waals surface area contributed by atoms with Gasteiger partial charge in [0, 0.05) is 30.9 Å². The van der Waals surface area contributed by atoms with Gasteiger partial charge in [0.1, 0.15) is 0 Å². The lowest BCUT2D eigenvalue weighted by atomic mass is 10.1. The van der Waals surface area contributed by atoms with Crippen molar-refractivity contribution in [2.45, 2.75) is 19.1 Å². The van der Waals surface area contributed by atoms with Crippen molar-refractivity contribution < 1.29 is 12.8 Å². The zero-order valence-corrected chi connectivity index (χ0v) is 14.5. The Hall–Kier alpha value is -2.58. The number of sulfonamides is 1. The van der Waals surface area contributed by atoms with Crippen molar-refractivity contribution in [2.24, 2.45) is 0 Å². The molecule has 0 aliphatic heterocycles. The van der Waals surface area contributed by atoms with Gasteiger partial charge < -0.3 is 4.42 Å². The molecule has 2 heterocycles. The molecule has 0 atom stereocenters. The second-order valence-corrected chi connectivity index (χ2v) is 7.37. The van der Waals surface area contributed by atoms with Crippen molar-refractivity contribution in [3.63, 3.8) is 0 Å². The lowest BCUT2D eigenvalue weighted by Gasteiger charge is -2.07. The zero-order valence-electron chi connectivity index (χ0n) is 13.7. The highest BCUT2D eigenvalue weighted by molar-refractivity contribution is 7.88. The van der Waals surface area contributed by atoms with Gasteiger partial charge in [0.05, 0.1) is 5.75 Å². The first-order chi connectivity index (χ1) is 12.0. The number of hydrogen-bond donors (Lipinski definition) is 1. The van der Waals surface area contributed by atoms with Crippen molar-refractivity contribution in [2.75, 3.05) is 6.54 Å². The quantitative estimate of drug-likeness (QED) is 0.694. The van der Waals surface area contributed by atoms with Crippen LogP contribution in [0.3, 0.4) is 0 Å². The van der Waals surface area contributed by atoms with E-state index in [1.807, 2.05) is 31.2 Å². The van der Waals surface area contributed by atoms with E-state index in [4.69, 9.17) is 4.42 Å². The summed E-state index contributed by atoms with van der Waals surface area (Å²) in [5, 5.41) is 7.90. The van der Waals surface area contributed by atoms with Gasteiger partial charge in [-0.15, -0.1) is 10.2 Å². The molecule has 25 heavy (non-hydrogen) atoms. The fourth-order valence-electron chi connectivity index (χ4n) is 2.31. The Balaban J connectivity index is 1.56. The molecule has 1 N–H and O–H groups in total. The predicted octanol–water partition coefficient (Wildman–Crippen LogP) is 2.10. The van der Waals surface area contributed by atoms with Gasteiger partial charge in [-0.1, -0.05) is 24.3 Å². The van der Waals surface area contributed by atoms with Crippen molar-refractivity contribution >= 4 is 10.0 Å². The number of benzene rings is 1. The summed E-state index contributed by atoms with van der Waals surface area (Å²) in [7, 11) is -3.42. The average molecular weight is 358 g/mol. The third kappa shape index (κ3) is 4.71. The first-order valence-corrected chi connectivity index (χ1v) is 9.43. The fraction of sp³-hybridized carbons (Fsp3) is 0.235. The van der Waals surface area contributed by atoms with E-state index in [2.05, 4.69) is 19.9 Å². The Bertz CT molecular complexity index is 939. The van der Waals surface area contributed by atoms with E-state index in [0.29, 0.717) is 18.2 Å². The van der Waals surface area contributed by atoms with Crippen LogP contribution in [0.1, 0.15) is 17.0 Å². The predicted molar refractivity (Wildman–Crippen MR) is 93.0 cm³/mol. The van der Waals surface area contributed by atoms with Gasteiger partial charge in [0.2, 0.25) is 21.8 Å². The molecule has 3 aromatic rings. The van der Waals surface area contributed by atoms with Crippen LogP contribution < -0.4 is 4.72 Å². The number of hydrogen-bond acceptors (Lipinski definition) is 6. The normalized spacial score (nSPS) is 11.6. The third-order valence-electron chi connectivity index (χ3n) is 3.66. The second kappa shape index (κ2) is 7.54. The molecule has 0 aliphatic carbocycles. The fourth-order valence-corrected chi connectivity index (χ4v) is 3.56. The molecule has 0 aliphatic rings. The van der Waals surface area contributed by atoms with Crippen molar-refractivity contribution in [1.82, 2.24) is 19.9 Å². The zero-order chi connectivity index (χ0) is 17.7. The molecule has 8 heteroatoms. The van der Waals surface area contributed by atoms with Crippen LogP contribution in [0.5, 0.6) is 0 Å². The molecule has 7 nitrogen and oxygen atoms in total. The van der Waals surface area contributed by atoms with Crippen molar-refractivity contribution in [3.05, 3.63) is 65.8 Å². The van der Waals surface area contributed by atoms with Crippen LogP contribution in [0.2, 0.25) is 0 Å². The number of nitrogens with zero attached hydrogens (tertiary/aromatic N) is 3. The Morgan fingerprint density at radius 2 is 1.84 bits per heavy atom. The van der Waals surface area contributed by atoms with Crippen LogP contribution in [-0.4, -0.2) is 30.1 Å². The minimum atomic E-state index is -3.42. The van der Waals surface area contributed by atoms with E-state index in [9.17, 15) is 8.42 Å². The monoisotopic (exact) mass is 358 g/mol. The molecule has 0 spiro atoms. The molecule has 0 amide bonds. The number of aromatic nitrogens is 3. The summed E-state index contributed by atoms with van der Waals surface area (Å²) in [6.45, 7) is 2.09. The van der Waals surface area contributed by atoms with Gasteiger partial charge in [-0.3, -0.25) is 4.98 Å². The van der Waals surface area contributed by atoms with Gasteiger partial charge in [-0.05, 0) is 30.2 Å². The maximum Gasteiger partial charge on any atom is 0.247 e. The number of pyridine rings is 1. The summed E-state index contributed by atoms with van der Waals surface area (Å²) in [5.74, 6) is 0.719. The summed E-state index contributed by atoms with van der Waals surface area (Å²) in [4.78, 5) is 3.93. The van der Waals surface area contributed by atoms with Crippen molar-refractivity contribution in [1.29, 1.82) is 0 Å². The van der Waals surface area contributed by atoms with Crippen LogP contribution in [0.25, 0.3) is 11.5 Å². The highest BCUT2D eigenvalue weighted by atomic mass is 32.2. The van der Waals surface area contributed by atoms with E-state index in [0.717, 1.165) is 16.7 Å². The van der Waals surface area contributed by atoms with Crippen LogP contribution >= 0.6 is 0 Å². The van der Waals surface area contributed by atoms with Crippen molar-refractivity contribution in [3.8, 4) is 11.5 Å². The molecule has 1 aromatic carbocycles. The lowest BCUT2D eigenvalue weighted by Crippen LogP contribution is -2.27. The Labute approximate surface area is 146 Å². The summed E-state index contributed by atoms with van der Waals surface area (Å²) < 4.78 is 32.5. The summed E-state index contributed by atoms with van der Waals surface area (Å²) in [5.41, 5.74) is 2.51. The maximum absolute atomic E-state index is 12.2. The smallest absolute Gasteiger partial charge is 0.247 e. The molecule has 0 saturated carbocycles. The minimum absolute atomic E-state index is 0.0498. The average Bonchev–Trinajstić information content (AvgIpc) is 3.06. The van der Waals surface area contributed by atoms with E-state index in [1.54, 1.807) is 24.5 Å². The topological polar surface area (TPSA) is 98.0 Å². The molecule has 130 valence electrons. The molecular weight excluding hydrogens is 340 g/mol. The summed E-state index contributed by atoms with van der Waals surface area (Å²) in [6, 6.07) is 11.0. The molecule has 0 bridgehead atoms. The number of rotatable bonds is 7. The highest BCUT2D eigenvalue weighted by Crippen LogP contribution is 2.16. The molecular formula is C17H18N4O3S. The molecule has 0 radical (unpaired) electrons. The second-order valence-electron chi connectivity index (χ2n) is 5.57. The van der Waals surface area contributed by atoms with E-state index >= 15 is 0 Å². The van der Waals surface area contributed by atoms with E-state index < -0.39 is 10.0 Å². The first-order valence-electron chi connectivity index (χ1n) is 7.78. The van der Waals surface area contributed by atoms with Crippen LogP contribution in [0.4, 0.5) is 0 Å². The van der Waals surface area contributed by atoms with Gasteiger partial charge in [-0.2, -0.15) is 0 Å². The Kier molecular flexibility index (Phi) is 5.20. The first kappa shape index (κ1) is 17.2. The number of nitrogens with one attached hydrogen (secondary N) is 1. The SMILES string of the molecule is Cc1ccccc1CS(=O)(=O)NCCc1nnc(-c2ccncc2)o1. The molecule has 0 saturated heterocycles. The van der Waals surface area contributed by atoms with Crippen LogP contribution in [0, 0.1) is 6.92 Å². The van der Waals surface area contributed by atoms with Crippen LogP contribution in [0.15, 0.2) is 53.2 Å². The molecule has 0 fully saturated rings. The van der Waals surface area contributed by atoms with E-state index in [-0.39, 0.29) is 12.3 Å². The standard InChI is InChI=1S/C17H18N4O3S/c1-13-4-2-3-5-15(13)12-25(22,23)19-11-8-16-20-21-17(24-16)14-6-9-18-10-7-14/h2-7,9-10,19H,8,11-12H2,1H3. The summed E-state index contributed by atoms with van der Waals surface area (Å²) in [6.07, 6.45) is 3.60. The van der Waals surface area contributed by atoms with E-state index in [1.165, 1.54) is 0 Å². The summed E-state index contributed by atoms with van der Waals surface area (Å²) >= 11 is 0. The number of aryl methyl sites for hydroxylation is 1. The van der Waals surface area contributed by atoms with Crippen LogP contribution in [-0.2, 0) is 22.2 Å². The van der Waals surface area contributed by atoms with Gasteiger partial charge in [-0.25, -0.2) is 13.1 Å². The Morgan fingerprint density at radius 3 is 2.60 bits per heavy atom. The van der Waals surface area contributed by atoms with Gasteiger partial charge in [0.25, 0.3) is 0 Å². The molecule has 2 aromatic heterocycles. The van der Waals surface area contributed by atoms with Gasteiger partial charge in [0.15, 0.2) is 0 Å². The minimum Gasteiger partial charge on any atom is -0.421 e. The molecule has 0 unspecified atom stereocenters. The highest BCUT2D eigenvalue weighted by Gasteiger charge is 2.14. The third-order valence-corrected chi connectivity index (χ3v) is 5.00. The largest absolute Gasteiger partial charge is 0.421 e. The van der Waals surface area contributed by atoms with Gasteiger partial charge >= 0.3 is 0 Å². The lowest BCUT2D eigenvalue weighted by molar-refractivity contribution is 0.502. The molecule has 3 rings (SSSR count). The maximum atomic E-state index is 12.2. The Morgan fingerprint density at radius 1 is 1.08 bits per heavy atom.